The number of amides is 1. The van der Waals surface area contributed by atoms with Crippen LogP contribution in [0.25, 0.3) is 33.4 Å². The molecular formula is C20H14N6O. The Morgan fingerprint density at radius 1 is 1.11 bits per heavy atom. The van der Waals surface area contributed by atoms with E-state index in [2.05, 4.69) is 21.3 Å². The smallest absolute Gasteiger partial charge is 0.248 e. The lowest BCUT2D eigenvalue weighted by Gasteiger charge is -2.09. The zero-order valence-electron chi connectivity index (χ0n) is 14.1. The van der Waals surface area contributed by atoms with Crippen molar-refractivity contribution in [1.29, 1.82) is 5.26 Å². The Kier molecular flexibility index (Phi) is 3.79. The van der Waals surface area contributed by atoms with E-state index in [1.165, 1.54) is 0 Å². The molecule has 2 aromatic heterocycles. The van der Waals surface area contributed by atoms with Gasteiger partial charge in [-0.25, -0.2) is 4.98 Å². The van der Waals surface area contributed by atoms with Crippen LogP contribution in [0.3, 0.4) is 0 Å². The molecule has 7 nitrogen and oxygen atoms in total. The minimum absolute atomic E-state index is 0.121. The number of hydrogen-bond donors (Lipinski definition) is 3. The molecule has 4 rings (SSSR count). The maximum atomic E-state index is 11.3. The van der Waals surface area contributed by atoms with Gasteiger partial charge in [-0.1, -0.05) is 30.3 Å². The van der Waals surface area contributed by atoms with E-state index in [9.17, 15) is 10.1 Å². The molecule has 7 heteroatoms. The largest absolute Gasteiger partial charge is 0.383 e. The van der Waals surface area contributed by atoms with Gasteiger partial charge in [0.25, 0.3) is 0 Å². The number of aromatic nitrogens is 3. The molecule has 4 aromatic rings. The molecule has 0 saturated heterocycles. The third-order valence-electron chi connectivity index (χ3n) is 4.35. The van der Waals surface area contributed by atoms with Crippen LogP contribution in [0.4, 0.5) is 5.82 Å². The zero-order chi connectivity index (χ0) is 19.0. The zero-order valence-corrected chi connectivity index (χ0v) is 14.1. The Morgan fingerprint density at radius 3 is 2.56 bits per heavy atom. The van der Waals surface area contributed by atoms with E-state index in [4.69, 9.17) is 11.5 Å². The van der Waals surface area contributed by atoms with E-state index in [1.807, 2.05) is 24.3 Å². The molecule has 0 unspecified atom stereocenters. The number of H-pyrrole nitrogens is 1. The van der Waals surface area contributed by atoms with Crippen LogP contribution in [0.15, 0.2) is 54.6 Å². The molecule has 0 radical (unpaired) electrons. The second-order valence-corrected chi connectivity index (χ2v) is 5.99. The highest BCUT2D eigenvalue weighted by atomic mass is 16.1. The number of nitrogens with zero attached hydrogens (tertiary/aromatic N) is 3. The lowest BCUT2D eigenvalue weighted by atomic mass is 9.98. The average Bonchev–Trinajstić information content (AvgIpc) is 3.11. The fourth-order valence-electron chi connectivity index (χ4n) is 3.00. The van der Waals surface area contributed by atoms with Gasteiger partial charge in [0.2, 0.25) is 5.91 Å². The van der Waals surface area contributed by atoms with Gasteiger partial charge in [-0.05, 0) is 29.8 Å². The number of pyridine rings is 1. The van der Waals surface area contributed by atoms with Crippen molar-refractivity contribution in [2.24, 2.45) is 5.73 Å². The molecule has 0 fully saturated rings. The molecule has 1 amide bonds. The first-order chi connectivity index (χ1) is 13.1. The first-order valence-electron chi connectivity index (χ1n) is 8.13. The molecule has 0 atom stereocenters. The van der Waals surface area contributed by atoms with Crippen LogP contribution in [-0.4, -0.2) is 21.1 Å². The van der Waals surface area contributed by atoms with Gasteiger partial charge in [-0.15, -0.1) is 0 Å². The molecule has 2 aromatic carbocycles. The van der Waals surface area contributed by atoms with Crippen molar-refractivity contribution in [3.8, 4) is 28.6 Å². The molecule has 0 aliphatic heterocycles. The standard InChI is InChI=1S/C20H14N6O/c21-10-15-14(11-5-7-12(8-6-11)20(23)27)9-17(24-19(15)22)18-13-3-1-2-4-16(13)25-26-18/h1-9H,(H2,22,24)(H2,23,27)(H,25,26). The van der Waals surface area contributed by atoms with Crippen LogP contribution in [0.1, 0.15) is 15.9 Å². The molecule has 0 spiro atoms. The summed E-state index contributed by atoms with van der Waals surface area (Å²) in [5, 5.41) is 17.8. The van der Waals surface area contributed by atoms with Gasteiger partial charge in [0, 0.05) is 16.5 Å². The second kappa shape index (κ2) is 6.28. The Morgan fingerprint density at radius 2 is 1.85 bits per heavy atom. The first kappa shape index (κ1) is 16.3. The fourth-order valence-corrected chi connectivity index (χ4v) is 3.00. The minimum atomic E-state index is -0.514. The normalized spacial score (nSPS) is 10.6. The summed E-state index contributed by atoms with van der Waals surface area (Å²) >= 11 is 0. The third-order valence-corrected chi connectivity index (χ3v) is 4.35. The number of carbonyl (C=O) groups is 1. The topological polar surface area (TPSA) is 134 Å². The van der Waals surface area contributed by atoms with Crippen molar-refractivity contribution in [2.75, 3.05) is 5.73 Å². The number of anilines is 1. The lowest BCUT2D eigenvalue weighted by molar-refractivity contribution is 0.100. The number of aromatic amines is 1. The number of benzene rings is 2. The lowest BCUT2D eigenvalue weighted by Crippen LogP contribution is -2.10. The minimum Gasteiger partial charge on any atom is -0.383 e. The number of para-hydroxylation sites is 1. The number of nitrogen functional groups attached to an aromatic ring is 1. The molecule has 0 bridgehead atoms. The van der Waals surface area contributed by atoms with Crippen LogP contribution < -0.4 is 11.5 Å². The van der Waals surface area contributed by atoms with Crippen LogP contribution >= 0.6 is 0 Å². The van der Waals surface area contributed by atoms with Crippen molar-refractivity contribution in [3.63, 3.8) is 0 Å². The highest BCUT2D eigenvalue weighted by Gasteiger charge is 2.16. The molecule has 5 N–H and O–H groups in total. The predicted molar refractivity (Wildman–Crippen MR) is 102 cm³/mol. The van der Waals surface area contributed by atoms with Crippen LogP contribution in [0.2, 0.25) is 0 Å². The van der Waals surface area contributed by atoms with Gasteiger partial charge >= 0.3 is 0 Å². The fraction of sp³-hybridized carbons (Fsp3) is 0. The molecular weight excluding hydrogens is 340 g/mol. The van der Waals surface area contributed by atoms with E-state index in [0.29, 0.717) is 22.5 Å². The summed E-state index contributed by atoms with van der Waals surface area (Å²) in [6.07, 6.45) is 0. The number of nitriles is 1. The van der Waals surface area contributed by atoms with Gasteiger partial charge in [0.05, 0.1) is 11.2 Å². The van der Waals surface area contributed by atoms with Crippen LogP contribution in [-0.2, 0) is 0 Å². The van der Waals surface area contributed by atoms with Crippen molar-refractivity contribution < 1.29 is 4.79 Å². The van der Waals surface area contributed by atoms with Crippen molar-refractivity contribution >= 4 is 22.6 Å². The predicted octanol–water partition coefficient (Wildman–Crippen LogP) is 2.84. The Balaban J connectivity index is 1.91. The summed E-state index contributed by atoms with van der Waals surface area (Å²) < 4.78 is 0. The monoisotopic (exact) mass is 354 g/mol. The molecule has 2 heterocycles. The van der Waals surface area contributed by atoms with E-state index in [-0.39, 0.29) is 11.4 Å². The van der Waals surface area contributed by atoms with Gasteiger partial charge in [0.15, 0.2) is 0 Å². The van der Waals surface area contributed by atoms with Gasteiger partial charge in [-0.3, -0.25) is 9.89 Å². The van der Waals surface area contributed by atoms with Gasteiger partial charge < -0.3 is 11.5 Å². The molecule has 27 heavy (non-hydrogen) atoms. The van der Waals surface area contributed by atoms with E-state index in [1.54, 1.807) is 30.3 Å². The van der Waals surface area contributed by atoms with Crippen LogP contribution in [0.5, 0.6) is 0 Å². The molecule has 130 valence electrons. The SMILES string of the molecule is N#Cc1c(-c2ccc(C(N)=O)cc2)cc(-c2n[nH]c3ccccc23)nc1N. The first-order valence-corrected chi connectivity index (χ1v) is 8.13. The van der Waals surface area contributed by atoms with Gasteiger partial charge in [0.1, 0.15) is 23.1 Å². The van der Waals surface area contributed by atoms with Crippen molar-refractivity contribution in [2.45, 2.75) is 0 Å². The number of primary amides is 1. The Bertz CT molecular complexity index is 1220. The number of nitrogens with one attached hydrogen (secondary N) is 1. The number of fused-ring (bicyclic) bond motifs is 1. The number of rotatable bonds is 3. The quantitative estimate of drug-likeness (QED) is 0.520. The highest BCUT2D eigenvalue weighted by Crippen LogP contribution is 2.33. The van der Waals surface area contributed by atoms with E-state index < -0.39 is 5.91 Å². The second-order valence-electron chi connectivity index (χ2n) is 5.99. The summed E-state index contributed by atoms with van der Waals surface area (Å²) in [5.41, 5.74) is 15.4. The summed E-state index contributed by atoms with van der Waals surface area (Å²) in [5.74, 6) is -0.393. The number of hydrogen-bond acceptors (Lipinski definition) is 5. The summed E-state index contributed by atoms with van der Waals surface area (Å²) in [4.78, 5) is 15.7. The highest BCUT2D eigenvalue weighted by molar-refractivity contribution is 5.95. The average molecular weight is 354 g/mol. The molecule has 0 saturated carbocycles. The summed E-state index contributed by atoms with van der Waals surface area (Å²) in [6, 6.07) is 18.2. The third kappa shape index (κ3) is 2.75. The van der Waals surface area contributed by atoms with E-state index in [0.717, 1.165) is 16.5 Å². The Hall–Kier alpha value is -4.18. The van der Waals surface area contributed by atoms with Crippen LogP contribution in [0, 0.1) is 11.3 Å². The number of nitrogens with two attached hydrogens (primary N) is 2. The molecule has 0 aliphatic carbocycles. The summed E-state index contributed by atoms with van der Waals surface area (Å²) in [6.45, 7) is 0. The maximum Gasteiger partial charge on any atom is 0.248 e. The van der Waals surface area contributed by atoms with Crippen molar-refractivity contribution in [3.05, 3.63) is 65.7 Å². The maximum absolute atomic E-state index is 11.3. The summed E-state index contributed by atoms with van der Waals surface area (Å²) in [7, 11) is 0. The van der Waals surface area contributed by atoms with E-state index >= 15 is 0 Å². The molecule has 0 aliphatic rings. The van der Waals surface area contributed by atoms with Crippen molar-refractivity contribution in [1.82, 2.24) is 15.2 Å². The van der Waals surface area contributed by atoms with Gasteiger partial charge in [-0.2, -0.15) is 10.4 Å². The Labute approximate surface area is 154 Å². The number of carbonyl (C=O) groups excluding carboxylic acids is 1.